The Morgan fingerprint density at radius 2 is 1.95 bits per heavy atom. The monoisotopic (exact) mass is 308 g/mol. The minimum atomic E-state index is -0.445. The van der Waals surface area contributed by atoms with E-state index < -0.39 is 5.97 Å². The van der Waals surface area contributed by atoms with Crippen LogP contribution in [0.4, 0.5) is 0 Å². The third kappa shape index (κ3) is 3.68. The number of hydrogen-bond acceptors (Lipinski definition) is 4. The number of aromatic hydroxyl groups is 1. The number of halogens is 1. The summed E-state index contributed by atoms with van der Waals surface area (Å²) in [6.45, 7) is 2.03. The Hall–Kier alpha value is -1.65. The van der Waals surface area contributed by atoms with Gasteiger partial charge in [-0.2, -0.15) is 0 Å². The first kappa shape index (κ1) is 14.8. The maximum atomic E-state index is 11.9. The van der Waals surface area contributed by atoms with Crippen LogP contribution in [-0.2, 0) is 4.74 Å². The highest BCUT2D eigenvalue weighted by Crippen LogP contribution is 2.33. The summed E-state index contributed by atoms with van der Waals surface area (Å²) < 4.78 is 5.00. The molecular formula is C15H13ClO3S. The summed E-state index contributed by atoms with van der Waals surface area (Å²) in [5, 5.41) is 10.2. The van der Waals surface area contributed by atoms with E-state index in [0.29, 0.717) is 17.2 Å². The van der Waals surface area contributed by atoms with E-state index in [0.717, 1.165) is 9.79 Å². The summed E-state index contributed by atoms with van der Waals surface area (Å²) in [7, 11) is 0. The molecule has 0 aliphatic carbocycles. The van der Waals surface area contributed by atoms with Crippen LogP contribution in [0.25, 0.3) is 0 Å². The van der Waals surface area contributed by atoms with Gasteiger partial charge in [-0.25, -0.2) is 4.79 Å². The van der Waals surface area contributed by atoms with Crippen molar-refractivity contribution in [1.29, 1.82) is 0 Å². The Balaban J connectivity index is 2.31. The number of phenols is 1. The van der Waals surface area contributed by atoms with E-state index in [1.165, 1.54) is 17.8 Å². The van der Waals surface area contributed by atoms with Gasteiger partial charge in [-0.3, -0.25) is 0 Å². The van der Waals surface area contributed by atoms with Crippen molar-refractivity contribution in [3.8, 4) is 5.75 Å². The highest BCUT2D eigenvalue weighted by molar-refractivity contribution is 7.99. The summed E-state index contributed by atoms with van der Waals surface area (Å²) >= 11 is 7.26. The molecule has 0 fully saturated rings. The van der Waals surface area contributed by atoms with Crippen molar-refractivity contribution < 1.29 is 14.6 Å². The molecule has 0 unspecified atom stereocenters. The zero-order valence-electron chi connectivity index (χ0n) is 10.8. The predicted octanol–water partition coefficient (Wildman–Crippen LogP) is 4.37. The van der Waals surface area contributed by atoms with Crippen LogP contribution in [0.1, 0.15) is 17.3 Å². The first-order valence-electron chi connectivity index (χ1n) is 6.03. The number of rotatable bonds is 4. The molecule has 0 aliphatic rings. The second-order valence-electron chi connectivity index (χ2n) is 3.96. The molecule has 0 atom stereocenters. The van der Waals surface area contributed by atoms with Crippen molar-refractivity contribution in [2.45, 2.75) is 16.7 Å². The third-order valence-corrected chi connectivity index (χ3v) is 3.84. The number of carbonyl (C=O) groups is 1. The maximum Gasteiger partial charge on any atom is 0.339 e. The molecule has 0 aliphatic heterocycles. The Morgan fingerprint density at radius 3 is 2.60 bits per heavy atom. The smallest absolute Gasteiger partial charge is 0.339 e. The highest BCUT2D eigenvalue weighted by atomic mass is 35.5. The minimum absolute atomic E-state index is 0.0357. The van der Waals surface area contributed by atoms with E-state index in [1.54, 1.807) is 31.2 Å². The van der Waals surface area contributed by atoms with Crippen LogP contribution in [0.5, 0.6) is 5.75 Å². The fourth-order valence-electron chi connectivity index (χ4n) is 1.60. The molecule has 2 rings (SSSR count). The van der Waals surface area contributed by atoms with Gasteiger partial charge in [0.25, 0.3) is 0 Å². The lowest BCUT2D eigenvalue weighted by molar-refractivity contribution is 0.0522. The van der Waals surface area contributed by atoms with Crippen LogP contribution in [0, 0.1) is 0 Å². The van der Waals surface area contributed by atoms with Crippen molar-refractivity contribution in [1.82, 2.24) is 0 Å². The van der Waals surface area contributed by atoms with Gasteiger partial charge in [0, 0.05) is 14.8 Å². The van der Waals surface area contributed by atoms with E-state index in [1.807, 2.05) is 12.1 Å². The molecule has 104 valence electrons. The van der Waals surface area contributed by atoms with Gasteiger partial charge < -0.3 is 9.84 Å². The average molecular weight is 309 g/mol. The molecule has 5 heteroatoms. The van der Waals surface area contributed by atoms with E-state index in [9.17, 15) is 9.90 Å². The van der Waals surface area contributed by atoms with Gasteiger partial charge in [-0.1, -0.05) is 23.4 Å². The third-order valence-electron chi connectivity index (χ3n) is 2.50. The second kappa shape index (κ2) is 6.68. The number of ether oxygens (including phenoxy) is 1. The predicted molar refractivity (Wildman–Crippen MR) is 79.6 cm³/mol. The van der Waals surface area contributed by atoms with E-state index >= 15 is 0 Å². The van der Waals surface area contributed by atoms with Crippen molar-refractivity contribution in [2.75, 3.05) is 6.61 Å². The zero-order valence-corrected chi connectivity index (χ0v) is 12.4. The Labute approximate surface area is 126 Å². The van der Waals surface area contributed by atoms with E-state index in [-0.39, 0.29) is 5.75 Å². The largest absolute Gasteiger partial charge is 0.508 e. The molecule has 0 radical (unpaired) electrons. The Bertz CT molecular complexity index is 611. The van der Waals surface area contributed by atoms with E-state index in [4.69, 9.17) is 16.3 Å². The lowest BCUT2D eigenvalue weighted by Crippen LogP contribution is -2.05. The average Bonchev–Trinajstić information content (AvgIpc) is 2.43. The molecule has 0 bridgehead atoms. The van der Waals surface area contributed by atoms with Gasteiger partial charge in [0.2, 0.25) is 0 Å². The first-order chi connectivity index (χ1) is 9.60. The molecule has 3 nitrogen and oxygen atoms in total. The number of phenolic OH excluding ortho intramolecular Hbond substituents is 1. The second-order valence-corrected chi connectivity index (χ2v) is 5.51. The molecule has 0 spiro atoms. The van der Waals surface area contributed by atoms with Gasteiger partial charge >= 0.3 is 5.97 Å². The van der Waals surface area contributed by atoms with Gasteiger partial charge in [-0.15, -0.1) is 0 Å². The molecule has 20 heavy (non-hydrogen) atoms. The number of benzene rings is 2. The summed E-state index contributed by atoms with van der Waals surface area (Å²) in [6, 6.07) is 12.0. The molecule has 0 saturated heterocycles. The standard InChI is InChI=1S/C15H13ClO3S/c1-2-19-15(18)13-9-11(17)5-8-14(13)20-12-6-3-10(16)4-7-12/h3-9,17H,2H2,1H3. The highest BCUT2D eigenvalue weighted by Gasteiger charge is 2.14. The van der Waals surface area contributed by atoms with Crippen LogP contribution in [0.3, 0.4) is 0 Å². The van der Waals surface area contributed by atoms with Gasteiger partial charge in [0.15, 0.2) is 0 Å². The van der Waals surface area contributed by atoms with Gasteiger partial charge in [0.1, 0.15) is 5.75 Å². The van der Waals surface area contributed by atoms with Crippen LogP contribution in [0.2, 0.25) is 5.02 Å². The Kier molecular flexibility index (Phi) is 4.93. The fourth-order valence-corrected chi connectivity index (χ4v) is 2.65. The molecule has 2 aromatic rings. The minimum Gasteiger partial charge on any atom is -0.508 e. The SMILES string of the molecule is CCOC(=O)c1cc(O)ccc1Sc1ccc(Cl)cc1. The molecule has 0 aromatic heterocycles. The molecule has 0 amide bonds. The molecule has 2 aromatic carbocycles. The van der Waals surface area contributed by atoms with Crippen LogP contribution in [-0.4, -0.2) is 17.7 Å². The summed E-state index contributed by atoms with van der Waals surface area (Å²) in [5.74, 6) is -0.409. The topological polar surface area (TPSA) is 46.5 Å². The zero-order chi connectivity index (χ0) is 14.5. The van der Waals surface area contributed by atoms with Gasteiger partial charge in [-0.05, 0) is 49.4 Å². The fraction of sp³-hybridized carbons (Fsp3) is 0.133. The number of hydrogen-bond donors (Lipinski definition) is 1. The summed E-state index contributed by atoms with van der Waals surface area (Å²) in [5.41, 5.74) is 0.354. The molecular weight excluding hydrogens is 296 g/mol. The number of carbonyl (C=O) groups excluding carboxylic acids is 1. The summed E-state index contributed by atoms with van der Waals surface area (Å²) in [6.07, 6.45) is 0. The summed E-state index contributed by atoms with van der Waals surface area (Å²) in [4.78, 5) is 13.6. The van der Waals surface area contributed by atoms with Crippen molar-refractivity contribution in [3.63, 3.8) is 0 Å². The molecule has 0 heterocycles. The first-order valence-corrected chi connectivity index (χ1v) is 7.23. The van der Waals surface area contributed by atoms with Crippen molar-refractivity contribution in [2.24, 2.45) is 0 Å². The maximum absolute atomic E-state index is 11.9. The quantitative estimate of drug-likeness (QED) is 0.852. The van der Waals surface area contributed by atoms with Crippen LogP contribution >= 0.6 is 23.4 Å². The van der Waals surface area contributed by atoms with E-state index in [2.05, 4.69) is 0 Å². The van der Waals surface area contributed by atoms with Crippen molar-refractivity contribution >= 4 is 29.3 Å². The lowest BCUT2D eigenvalue weighted by Gasteiger charge is -2.09. The normalized spacial score (nSPS) is 10.3. The van der Waals surface area contributed by atoms with Crippen LogP contribution in [0.15, 0.2) is 52.3 Å². The Morgan fingerprint density at radius 1 is 1.25 bits per heavy atom. The molecule has 0 saturated carbocycles. The molecule has 1 N–H and O–H groups in total. The lowest BCUT2D eigenvalue weighted by atomic mass is 10.2. The van der Waals surface area contributed by atoms with Crippen molar-refractivity contribution in [3.05, 3.63) is 53.1 Å². The van der Waals surface area contributed by atoms with Crippen LogP contribution < -0.4 is 0 Å². The number of esters is 1. The van der Waals surface area contributed by atoms with Gasteiger partial charge in [0.05, 0.1) is 12.2 Å².